The molecule has 80 valence electrons. The third kappa shape index (κ3) is 3.76. The first-order chi connectivity index (χ1) is 6.59. The Morgan fingerprint density at radius 1 is 1.36 bits per heavy atom. The molecule has 0 amide bonds. The van der Waals surface area contributed by atoms with Crippen LogP contribution in [0, 0.1) is 19.8 Å². The van der Waals surface area contributed by atoms with Gasteiger partial charge in [0.05, 0.1) is 10.7 Å². The van der Waals surface area contributed by atoms with Crippen LogP contribution in [0.1, 0.15) is 29.4 Å². The molecule has 0 aromatic carbocycles. The average molecular weight is 212 g/mol. The molecule has 3 heteroatoms. The lowest BCUT2D eigenvalue weighted by Crippen LogP contribution is -2.22. The summed E-state index contributed by atoms with van der Waals surface area (Å²) in [5.41, 5.74) is 1.21. The maximum Gasteiger partial charge on any atom is 0.0900 e. The lowest BCUT2D eigenvalue weighted by Gasteiger charge is -2.06. The normalized spacial score (nSPS) is 11.2. The van der Waals surface area contributed by atoms with E-state index in [1.165, 1.54) is 15.6 Å². The molecule has 0 aliphatic heterocycles. The molecule has 14 heavy (non-hydrogen) atoms. The van der Waals surface area contributed by atoms with Crippen molar-refractivity contribution in [2.75, 3.05) is 13.1 Å². The van der Waals surface area contributed by atoms with Crippen LogP contribution >= 0.6 is 11.3 Å². The Hall–Kier alpha value is -0.410. The molecule has 0 aliphatic carbocycles. The van der Waals surface area contributed by atoms with Gasteiger partial charge in [-0.05, 0) is 32.7 Å². The third-order valence-corrected chi connectivity index (χ3v) is 3.21. The zero-order valence-corrected chi connectivity index (χ0v) is 10.4. The fourth-order valence-electron chi connectivity index (χ4n) is 1.40. The van der Waals surface area contributed by atoms with Crippen molar-refractivity contribution in [3.05, 3.63) is 15.6 Å². The summed E-state index contributed by atoms with van der Waals surface area (Å²) >= 11 is 1.82. The minimum absolute atomic E-state index is 0.735. The fraction of sp³-hybridized carbons (Fsp3) is 0.727. The molecule has 0 saturated carbocycles. The molecule has 1 heterocycles. The van der Waals surface area contributed by atoms with Crippen molar-refractivity contribution in [1.82, 2.24) is 10.3 Å². The number of nitrogens with zero attached hydrogens (tertiary/aromatic N) is 1. The topological polar surface area (TPSA) is 24.9 Å². The number of hydrogen-bond acceptors (Lipinski definition) is 3. The lowest BCUT2D eigenvalue weighted by molar-refractivity contribution is 0.555. The van der Waals surface area contributed by atoms with Crippen molar-refractivity contribution in [3.8, 4) is 0 Å². The highest BCUT2D eigenvalue weighted by Crippen LogP contribution is 2.16. The van der Waals surface area contributed by atoms with Crippen LogP contribution in [-0.2, 0) is 6.42 Å². The number of aryl methyl sites for hydroxylation is 2. The van der Waals surface area contributed by atoms with Gasteiger partial charge >= 0.3 is 0 Å². The van der Waals surface area contributed by atoms with Gasteiger partial charge in [-0.25, -0.2) is 4.98 Å². The number of rotatable bonds is 5. The van der Waals surface area contributed by atoms with Gasteiger partial charge in [0.25, 0.3) is 0 Å². The minimum Gasteiger partial charge on any atom is -0.316 e. The standard InChI is InChI=1S/C11H20N2S/c1-8(2)7-12-6-5-11-9(3)13-10(4)14-11/h8,12H,5-7H2,1-4H3. The van der Waals surface area contributed by atoms with Gasteiger partial charge in [0, 0.05) is 11.4 Å². The molecule has 0 unspecified atom stereocenters. The summed E-state index contributed by atoms with van der Waals surface area (Å²) in [5, 5.41) is 4.63. The van der Waals surface area contributed by atoms with E-state index in [0.717, 1.165) is 25.4 Å². The first-order valence-electron chi connectivity index (χ1n) is 5.23. The molecule has 0 atom stereocenters. The summed E-state index contributed by atoms with van der Waals surface area (Å²) in [4.78, 5) is 5.85. The Kier molecular flexibility index (Phi) is 4.55. The van der Waals surface area contributed by atoms with E-state index in [0.29, 0.717) is 0 Å². The van der Waals surface area contributed by atoms with Crippen molar-refractivity contribution in [2.45, 2.75) is 34.1 Å². The molecule has 0 saturated heterocycles. The Balaban J connectivity index is 2.28. The molecular formula is C11H20N2S. The Labute approximate surface area is 90.8 Å². The van der Waals surface area contributed by atoms with Gasteiger partial charge in [-0.15, -0.1) is 11.3 Å². The number of hydrogen-bond donors (Lipinski definition) is 1. The minimum atomic E-state index is 0.735. The third-order valence-electron chi connectivity index (χ3n) is 2.08. The average Bonchev–Trinajstić information content (AvgIpc) is 2.39. The first kappa shape index (κ1) is 11.7. The highest BCUT2D eigenvalue weighted by molar-refractivity contribution is 7.11. The summed E-state index contributed by atoms with van der Waals surface area (Å²) in [6, 6.07) is 0. The second kappa shape index (κ2) is 5.47. The van der Waals surface area contributed by atoms with Gasteiger partial charge < -0.3 is 5.32 Å². The Morgan fingerprint density at radius 3 is 2.57 bits per heavy atom. The molecular weight excluding hydrogens is 192 g/mol. The van der Waals surface area contributed by atoms with Crippen LogP contribution in [0.2, 0.25) is 0 Å². The zero-order chi connectivity index (χ0) is 10.6. The summed E-state index contributed by atoms with van der Waals surface area (Å²) < 4.78 is 0. The summed E-state index contributed by atoms with van der Waals surface area (Å²) in [7, 11) is 0. The highest BCUT2D eigenvalue weighted by Gasteiger charge is 2.03. The van der Waals surface area contributed by atoms with Crippen LogP contribution in [0.15, 0.2) is 0 Å². The molecule has 2 nitrogen and oxygen atoms in total. The lowest BCUT2D eigenvalue weighted by atomic mass is 10.2. The zero-order valence-electron chi connectivity index (χ0n) is 9.55. The molecule has 0 radical (unpaired) electrons. The van der Waals surface area contributed by atoms with Gasteiger partial charge in [0.2, 0.25) is 0 Å². The molecule has 0 aliphatic rings. The molecule has 0 fully saturated rings. The molecule has 1 N–H and O–H groups in total. The van der Waals surface area contributed by atoms with Gasteiger partial charge in [-0.2, -0.15) is 0 Å². The van der Waals surface area contributed by atoms with Crippen molar-refractivity contribution in [1.29, 1.82) is 0 Å². The van der Waals surface area contributed by atoms with Crippen LogP contribution in [0.25, 0.3) is 0 Å². The summed E-state index contributed by atoms with van der Waals surface area (Å²) in [6.45, 7) is 10.8. The first-order valence-corrected chi connectivity index (χ1v) is 6.05. The van der Waals surface area contributed by atoms with E-state index in [9.17, 15) is 0 Å². The predicted octanol–water partition coefficient (Wildman–Crippen LogP) is 2.55. The SMILES string of the molecule is Cc1nc(C)c(CCNCC(C)C)s1. The van der Waals surface area contributed by atoms with E-state index >= 15 is 0 Å². The van der Waals surface area contributed by atoms with Gasteiger partial charge in [-0.1, -0.05) is 13.8 Å². The summed E-state index contributed by atoms with van der Waals surface area (Å²) in [5.74, 6) is 0.735. The van der Waals surface area contributed by atoms with Gasteiger partial charge in [-0.3, -0.25) is 0 Å². The van der Waals surface area contributed by atoms with Crippen LogP contribution in [0.3, 0.4) is 0 Å². The maximum atomic E-state index is 4.42. The Morgan fingerprint density at radius 2 is 2.07 bits per heavy atom. The maximum absolute atomic E-state index is 4.42. The molecule has 1 aromatic rings. The van der Waals surface area contributed by atoms with Gasteiger partial charge in [0.1, 0.15) is 0 Å². The largest absolute Gasteiger partial charge is 0.316 e. The van der Waals surface area contributed by atoms with Crippen molar-refractivity contribution >= 4 is 11.3 Å². The fourth-order valence-corrected chi connectivity index (χ4v) is 2.33. The monoisotopic (exact) mass is 212 g/mol. The molecule has 0 spiro atoms. The highest BCUT2D eigenvalue weighted by atomic mass is 32.1. The Bertz CT molecular complexity index is 279. The second-order valence-electron chi connectivity index (χ2n) is 4.09. The van der Waals surface area contributed by atoms with Gasteiger partial charge in [0.15, 0.2) is 0 Å². The van der Waals surface area contributed by atoms with E-state index in [4.69, 9.17) is 0 Å². The predicted molar refractivity (Wildman–Crippen MR) is 63.0 cm³/mol. The number of nitrogens with one attached hydrogen (secondary N) is 1. The van der Waals surface area contributed by atoms with Crippen LogP contribution in [0.4, 0.5) is 0 Å². The van der Waals surface area contributed by atoms with E-state index in [1.807, 2.05) is 11.3 Å². The van der Waals surface area contributed by atoms with E-state index in [1.54, 1.807) is 0 Å². The number of thiazole rings is 1. The van der Waals surface area contributed by atoms with E-state index in [-0.39, 0.29) is 0 Å². The smallest absolute Gasteiger partial charge is 0.0900 e. The van der Waals surface area contributed by atoms with Crippen molar-refractivity contribution in [3.63, 3.8) is 0 Å². The van der Waals surface area contributed by atoms with Crippen LogP contribution in [-0.4, -0.2) is 18.1 Å². The van der Waals surface area contributed by atoms with Crippen LogP contribution in [0.5, 0.6) is 0 Å². The summed E-state index contributed by atoms with van der Waals surface area (Å²) in [6.07, 6.45) is 1.12. The van der Waals surface area contributed by atoms with Crippen molar-refractivity contribution in [2.24, 2.45) is 5.92 Å². The number of aromatic nitrogens is 1. The molecule has 1 rings (SSSR count). The van der Waals surface area contributed by atoms with E-state index in [2.05, 4.69) is 38.0 Å². The van der Waals surface area contributed by atoms with Crippen molar-refractivity contribution < 1.29 is 0 Å². The molecule has 1 aromatic heterocycles. The van der Waals surface area contributed by atoms with Crippen LogP contribution < -0.4 is 5.32 Å². The quantitative estimate of drug-likeness (QED) is 0.759. The second-order valence-corrected chi connectivity index (χ2v) is 5.38. The molecule has 0 bridgehead atoms. The van der Waals surface area contributed by atoms with E-state index < -0.39 is 0 Å².